The van der Waals surface area contributed by atoms with E-state index >= 15 is 0 Å². The van der Waals surface area contributed by atoms with E-state index in [0.29, 0.717) is 0 Å². The van der Waals surface area contributed by atoms with E-state index in [2.05, 4.69) is 0 Å². The number of rotatable bonds is 0. The lowest BCUT2D eigenvalue weighted by Gasteiger charge is -1.07. The van der Waals surface area contributed by atoms with Gasteiger partial charge in [0.05, 0.1) is 0 Å². The molecule has 0 nitrogen and oxygen atoms in total. The van der Waals surface area contributed by atoms with Crippen LogP contribution in [0.2, 0.25) is 0 Å². The van der Waals surface area contributed by atoms with Crippen LogP contribution in [0.4, 0.5) is 0 Å². The first-order chi connectivity index (χ1) is 8.00. The fourth-order valence-corrected chi connectivity index (χ4v) is 0. The maximum atomic E-state index is 2.00. The van der Waals surface area contributed by atoms with Crippen molar-refractivity contribution < 1.29 is 0 Å². The Morgan fingerprint density at radius 1 is 0.150 bits per heavy atom. The molecule has 0 aliphatic rings. The van der Waals surface area contributed by atoms with Gasteiger partial charge in [-0.1, -0.05) is 140 Å². The third-order valence-corrected chi connectivity index (χ3v) is 0. The Morgan fingerprint density at radius 2 is 0.150 bits per heavy atom. The van der Waals surface area contributed by atoms with E-state index in [1.165, 1.54) is 0 Å². The van der Waals surface area contributed by atoms with Crippen LogP contribution < -0.4 is 0 Å². The van der Waals surface area contributed by atoms with Gasteiger partial charge in [0.25, 0.3) is 0 Å². The molecule has 0 radical (unpaired) electrons. The average molecular weight is 305 g/mol. The van der Waals surface area contributed by atoms with Gasteiger partial charge in [0, 0.05) is 0 Å². The van der Waals surface area contributed by atoms with E-state index in [9.17, 15) is 0 Å². The minimum absolute atomic E-state index is 0. The Hall–Kier alpha value is 0. The molecule has 0 aliphatic heterocycles. The molecule has 0 N–H and O–H groups in total. The summed E-state index contributed by atoms with van der Waals surface area (Å²) in [7, 11) is 0. The molecule has 20 heavy (non-hydrogen) atoms. The van der Waals surface area contributed by atoms with Crippen LogP contribution in [0.1, 0.15) is 140 Å². The van der Waals surface area contributed by atoms with Crippen molar-refractivity contribution >= 4 is 0 Å². The van der Waals surface area contributed by atoms with Gasteiger partial charge in [-0.25, -0.2) is 0 Å². The average Bonchev–Trinajstić information content (AvgIpc) is 2.54. The molecule has 144 valence electrons. The summed E-state index contributed by atoms with van der Waals surface area (Å²) in [5, 5.41) is 0. The third kappa shape index (κ3) is 0. The lowest BCUT2D eigenvalue weighted by atomic mass is 11.0. The van der Waals surface area contributed by atoms with Crippen molar-refractivity contribution in [1.29, 1.82) is 0 Å². The van der Waals surface area contributed by atoms with Crippen LogP contribution in [0.15, 0.2) is 0 Å². The van der Waals surface area contributed by atoms with E-state index in [1.54, 1.807) is 0 Å². The first-order valence-electron chi connectivity index (χ1n) is 8.00. The molecule has 0 aromatic carbocycles. The Balaban J connectivity index is -0.00000000356. The van der Waals surface area contributed by atoms with Gasteiger partial charge in [-0.2, -0.15) is 0 Å². The number of hydrogen-bond acceptors (Lipinski definition) is 0. The lowest BCUT2D eigenvalue weighted by Crippen LogP contribution is -0.856. The van der Waals surface area contributed by atoms with Crippen LogP contribution in [-0.2, 0) is 0 Å². The van der Waals surface area contributed by atoms with Gasteiger partial charge in [0.2, 0.25) is 0 Å². The molecule has 0 aromatic rings. The highest BCUT2D eigenvalue weighted by atomic mass is 13.0. The molecule has 0 saturated heterocycles. The molecule has 0 heterocycles. The van der Waals surface area contributed by atoms with Gasteiger partial charge in [-0.15, -0.1) is 0 Å². The zero-order valence-corrected chi connectivity index (χ0v) is 16.0. The molecule has 0 aliphatic carbocycles. The predicted molar refractivity (Wildman–Crippen MR) is 118 cm³/mol. The first kappa shape index (κ1) is 113. The highest BCUT2D eigenvalue weighted by Gasteiger charge is 0.946. The SMILES string of the molecule is C.C.C.C.CC.CC.CC.CC.CC.CC.CC.CC. The van der Waals surface area contributed by atoms with E-state index < -0.39 is 0 Å². The van der Waals surface area contributed by atoms with Gasteiger partial charge in [-0.3, -0.25) is 0 Å². The van der Waals surface area contributed by atoms with Crippen LogP contribution in [0.5, 0.6) is 0 Å². The largest absolute Gasteiger partial charge is 0.0776 e. The molecule has 0 rings (SSSR count). The van der Waals surface area contributed by atoms with Gasteiger partial charge in [0.1, 0.15) is 0 Å². The molecule has 0 spiro atoms. The van der Waals surface area contributed by atoms with Crippen LogP contribution >= 0.6 is 0 Å². The molecule has 0 atom stereocenters. The quantitative estimate of drug-likeness (QED) is 0.417. The first-order valence-corrected chi connectivity index (χ1v) is 8.00. The van der Waals surface area contributed by atoms with E-state index in [-0.39, 0.29) is 29.7 Å². The molecule has 0 bridgehead atoms. The second-order valence-electron chi connectivity index (χ2n) is 0. The molecule has 0 fully saturated rings. The molecule has 0 unspecified atom stereocenters. The van der Waals surface area contributed by atoms with Crippen molar-refractivity contribution in [1.82, 2.24) is 0 Å². The smallest absolute Gasteiger partial charge is 0.0683 e. The Morgan fingerprint density at radius 3 is 0.150 bits per heavy atom. The summed E-state index contributed by atoms with van der Waals surface area (Å²) < 4.78 is 0. The fraction of sp³-hybridized carbons (Fsp3) is 1.00. The van der Waals surface area contributed by atoms with Crippen molar-refractivity contribution in [2.45, 2.75) is 140 Å². The third-order valence-electron chi connectivity index (χ3n) is 0. The standard InChI is InChI=1S/8C2H6.4CH4/c8*1-2;;;;/h8*1-2H3;4*1H4. The lowest BCUT2D eigenvalue weighted by molar-refractivity contribution is 1.50. The van der Waals surface area contributed by atoms with Gasteiger partial charge in [0.15, 0.2) is 0 Å². The van der Waals surface area contributed by atoms with E-state index in [4.69, 9.17) is 0 Å². The maximum absolute atomic E-state index is 2.00. The Bertz CT molecular complexity index is 0. The van der Waals surface area contributed by atoms with E-state index in [1.807, 2.05) is 111 Å². The highest BCUT2D eigenvalue weighted by molar-refractivity contribution is 3.52. The van der Waals surface area contributed by atoms with Crippen molar-refractivity contribution in [3.8, 4) is 0 Å². The van der Waals surface area contributed by atoms with E-state index in [0.717, 1.165) is 0 Å². The summed E-state index contributed by atoms with van der Waals surface area (Å²) in [5.74, 6) is 0. The zero-order valence-electron chi connectivity index (χ0n) is 16.0. The summed E-state index contributed by atoms with van der Waals surface area (Å²) >= 11 is 0. The maximum Gasteiger partial charge on any atom is -0.0683 e. The Labute approximate surface area is 141 Å². The summed E-state index contributed by atoms with van der Waals surface area (Å²) in [6, 6.07) is 0. The summed E-state index contributed by atoms with van der Waals surface area (Å²) in [6.07, 6.45) is 0. The highest BCUT2D eigenvalue weighted by Crippen LogP contribution is 1.16. The van der Waals surface area contributed by atoms with Crippen LogP contribution in [0.25, 0.3) is 0 Å². The van der Waals surface area contributed by atoms with Crippen molar-refractivity contribution in [3.05, 3.63) is 0 Å². The molecule has 0 amide bonds. The Kier molecular flexibility index (Phi) is 0. The van der Waals surface area contributed by atoms with Gasteiger partial charge in [-0.05, 0) is 0 Å². The van der Waals surface area contributed by atoms with Crippen molar-refractivity contribution in [3.63, 3.8) is 0 Å². The summed E-state index contributed by atoms with van der Waals surface area (Å²) in [5.41, 5.74) is 0. The molecular formula is C20H64. The monoisotopic (exact) mass is 305 g/mol. The minimum Gasteiger partial charge on any atom is -0.0776 e. The summed E-state index contributed by atoms with van der Waals surface area (Å²) in [4.78, 5) is 0. The normalized spacial score (nSPS) is 2.40. The second kappa shape index (κ2) is 0. The zero-order chi connectivity index (χ0) is 16.0. The fourth-order valence-electron chi connectivity index (χ4n) is 0. The van der Waals surface area contributed by atoms with Crippen LogP contribution in [0, 0.1) is 0 Å². The summed E-state index contributed by atoms with van der Waals surface area (Å²) in [6.45, 7) is 32.0. The van der Waals surface area contributed by atoms with Crippen molar-refractivity contribution in [2.24, 2.45) is 0 Å². The van der Waals surface area contributed by atoms with Crippen LogP contribution in [0.3, 0.4) is 0 Å². The molecule has 0 saturated carbocycles. The minimum atomic E-state index is 0. The molecular weight excluding hydrogens is 240 g/mol. The van der Waals surface area contributed by atoms with Gasteiger partial charge < -0.3 is 0 Å². The number of hydrogen-bond donors (Lipinski definition) is 0. The van der Waals surface area contributed by atoms with Gasteiger partial charge >= 0.3 is 0 Å². The predicted octanol–water partition coefficient (Wildman–Crippen LogP) is 10.8. The molecule has 0 aromatic heterocycles. The van der Waals surface area contributed by atoms with Crippen LogP contribution in [-0.4, -0.2) is 0 Å². The topological polar surface area (TPSA) is 0 Å². The van der Waals surface area contributed by atoms with Crippen molar-refractivity contribution in [2.75, 3.05) is 0 Å². The molecule has 0 heteroatoms. The second-order valence-corrected chi connectivity index (χ2v) is 0.